The second-order valence-corrected chi connectivity index (χ2v) is 4.39. The molecule has 0 saturated carbocycles. The highest BCUT2D eigenvalue weighted by Gasteiger charge is 2.12. The van der Waals surface area contributed by atoms with Crippen LogP contribution in [0.3, 0.4) is 0 Å². The van der Waals surface area contributed by atoms with Crippen molar-refractivity contribution in [2.24, 2.45) is 5.73 Å². The molecule has 0 spiro atoms. The summed E-state index contributed by atoms with van der Waals surface area (Å²) in [4.78, 5) is 0. The van der Waals surface area contributed by atoms with Gasteiger partial charge in [0.25, 0.3) is 0 Å². The molecule has 1 heterocycles. The van der Waals surface area contributed by atoms with E-state index >= 15 is 0 Å². The van der Waals surface area contributed by atoms with Crippen LogP contribution in [0.15, 0.2) is 48.7 Å². The number of para-hydroxylation sites is 1. The van der Waals surface area contributed by atoms with Crippen molar-refractivity contribution >= 4 is 10.9 Å². The molecule has 0 amide bonds. The van der Waals surface area contributed by atoms with E-state index in [2.05, 4.69) is 5.10 Å². The Morgan fingerprint density at radius 2 is 1.95 bits per heavy atom. The summed E-state index contributed by atoms with van der Waals surface area (Å²) in [6.07, 6.45) is 2.28. The number of fused-ring (bicyclic) bond motifs is 1. The van der Waals surface area contributed by atoms with Gasteiger partial charge < -0.3 is 5.73 Å². The van der Waals surface area contributed by atoms with E-state index in [1.165, 1.54) is 6.07 Å². The SMILES string of the molecule is NCCc1c(F)cccc1-n1ncc2ccccc21. The lowest BCUT2D eigenvalue weighted by Gasteiger charge is -2.10. The molecule has 2 aromatic carbocycles. The fourth-order valence-electron chi connectivity index (χ4n) is 2.30. The van der Waals surface area contributed by atoms with E-state index in [-0.39, 0.29) is 5.82 Å². The van der Waals surface area contributed by atoms with Crippen molar-refractivity contribution in [3.05, 3.63) is 60.0 Å². The zero-order valence-corrected chi connectivity index (χ0v) is 10.4. The first-order chi connectivity index (χ1) is 9.31. The minimum absolute atomic E-state index is 0.234. The molecule has 0 fully saturated rings. The van der Waals surface area contributed by atoms with E-state index in [1.807, 2.05) is 30.3 Å². The normalized spacial score (nSPS) is 11.1. The number of hydrogen-bond acceptors (Lipinski definition) is 2. The Morgan fingerprint density at radius 3 is 2.79 bits per heavy atom. The monoisotopic (exact) mass is 255 g/mol. The first-order valence-electron chi connectivity index (χ1n) is 6.22. The smallest absolute Gasteiger partial charge is 0.128 e. The fraction of sp³-hybridized carbons (Fsp3) is 0.133. The van der Waals surface area contributed by atoms with Gasteiger partial charge in [-0.15, -0.1) is 0 Å². The molecule has 0 atom stereocenters. The van der Waals surface area contributed by atoms with E-state index in [0.717, 1.165) is 16.6 Å². The van der Waals surface area contributed by atoms with Gasteiger partial charge in [-0.1, -0.05) is 24.3 Å². The summed E-state index contributed by atoms with van der Waals surface area (Å²) >= 11 is 0. The molecular weight excluding hydrogens is 241 g/mol. The van der Waals surface area contributed by atoms with Gasteiger partial charge in [0.2, 0.25) is 0 Å². The summed E-state index contributed by atoms with van der Waals surface area (Å²) in [6.45, 7) is 0.410. The minimum Gasteiger partial charge on any atom is -0.330 e. The maximum absolute atomic E-state index is 13.9. The molecule has 0 aliphatic heterocycles. The molecule has 3 rings (SSSR count). The van der Waals surface area contributed by atoms with Gasteiger partial charge in [0.05, 0.1) is 17.4 Å². The Bertz CT molecular complexity index is 718. The summed E-state index contributed by atoms with van der Waals surface area (Å²) < 4.78 is 15.7. The Hall–Kier alpha value is -2.20. The summed E-state index contributed by atoms with van der Waals surface area (Å²) in [7, 11) is 0. The maximum atomic E-state index is 13.9. The van der Waals surface area contributed by atoms with Crippen LogP contribution in [0.5, 0.6) is 0 Å². The van der Waals surface area contributed by atoms with Crippen LogP contribution < -0.4 is 5.73 Å². The van der Waals surface area contributed by atoms with Crippen molar-refractivity contribution < 1.29 is 4.39 Å². The number of rotatable bonds is 3. The van der Waals surface area contributed by atoms with Crippen molar-refractivity contribution in [3.8, 4) is 5.69 Å². The van der Waals surface area contributed by atoms with Crippen molar-refractivity contribution in [2.75, 3.05) is 6.54 Å². The van der Waals surface area contributed by atoms with Crippen LogP contribution in [-0.4, -0.2) is 16.3 Å². The van der Waals surface area contributed by atoms with Gasteiger partial charge in [-0.2, -0.15) is 5.10 Å². The second-order valence-electron chi connectivity index (χ2n) is 4.39. The highest BCUT2D eigenvalue weighted by atomic mass is 19.1. The van der Waals surface area contributed by atoms with E-state index in [1.54, 1.807) is 16.9 Å². The van der Waals surface area contributed by atoms with Crippen LogP contribution in [0.1, 0.15) is 5.56 Å². The molecule has 1 aromatic heterocycles. The lowest BCUT2D eigenvalue weighted by molar-refractivity contribution is 0.606. The molecule has 0 radical (unpaired) electrons. The highest BCUT2D eigenvalue weighted by Crippen LogP contribution is 2.22. The van der Waals surface area contributed by atoms with Crippen LogP contribution in [0, 0.1) is 5.82 Å². The molecule has 96 valence electrons. The summed E-state index contributed by atoms with van der Waals surface area (Å²) in [5.74, 6) is -0.234. The highest BCUT2D eigenvalue weighted by molar-refractivity contribution is 5.80. The maximum Gasteiger partial charge on any atom is 0.128 e. The van der Waals surface area contributed by atoms with Gasteiger partial charge in [-0.3, -0.25) is 0 Å². The Morgan fingerprint density at radius 1 is 1.11 bits per heavy atom. The number of halogens is 1. The topological polar surface area (TPSA) is 43.8 Å². The molecule has 0 bridgehead atoms. The molecule has 4 heteroatoms. The summed E-state index contributed by atoms with van der Waals surface area (Å²) in [5.41, 5.74) is 7.90. The largest absolute Gasteiger partial charge is 0.330 e. The average molecular weight is 255 g/mol. The van der Waals surface area contributed by atoms with E-state index in [0.29, 0.717) is 18.5 Å². The van der Waals surface area contributed by atoms with Gasteiger partial charge in [0, 0.05) is 10.9 Å². The number of nitrogens with zero attached hydrogens (tertiary/aromatic N) is 2. The number of hydrogen-bond donors (Lipinski definition) is 1. The zero-order valence-electron chi connectivity index (χ0n) is 10.4. The van der Waals surface area contributed by atoms with Crippen molar-refractivity contribution in [3.63, 3.8) is 0 Å². The summed E-state index contributed by atoms with van der Waals surface area (Å²) in [5, 5.41) is 5.39. The van der Waals surface area contributed by atoms with E-state index in [4.69, 9.17) is 5.73 Å². The van der Waals surface area contributed by atoms with E-state index < -0.39 is 0 Å². The third-order valence-corrected chi connectivity index (χ3v) is 3.19. The van der Waals surface area contributed by atoms with E-state index in [9.17, 15) is 4.39 Å². The average Bonchev–Trinajstić information content (AvgIpc) is 2.85. The summed E-state index contributed by atoms with van der Waals surface area (Å²) in [6, 6.07) is 12.9. The first-order valence-corrected chi connectivity index (χ1v) is 6.22. The van der Waals surface area contributed by atoms with Crippen molar-refractivity contribution in [2.45, 2.75) is 6.42 Å². The number of nitrogens with two attached hydrogens (primary N) is 1. The standard InChI is InChI=1S/C15H14FN3/c16-13-5-3-7-15(12(13)8-9-17)19-14-6-2-1-4-11(14)10-18-19/h1-7,10H,8-9,17H2. The number of aromatic nitrogens is 2. The Labute approximate surface area is 110 Å². The zero-order chi connectivity index (χ0) is 13.2. The molecule has 2 N–H and O–H groups in total. The molecule has 0 aliphatic carbocycles. The molecule has 0 unspecified atom stereocenters. The van der Waals surface area contributed by atoms with Gasteiger partial charge in [0.1, 0.15) is 5.82 Å². The Balaban J connectivity index is 2.24. The van der Waals surface area contributed by atoms with Crippen LogP contribution >= 0.6 is 0 Å². The van der Waals surface area contributed by atoms with Gasteiger partial charge >= 0.3 is 0 Å². The van der Waals surface area contributed by atoms with Crippen molar-refractivity contribution in [1.82, 2.24) is 9.78 Å². The van der Waals surface area contributed by atoms with Gasteiger partial charge in [-0.25, -0.2) is 9.07 Å². The molecule has 3 aromatic rings. The van der Waals surface area contributed by atoms with Crippen LogP contribution in [0.2, 0.25) is 0 Å². The van der Waals surface area contributed by atoms with Crippen molar-refractivity contribution in [1.29, 1.82) is 0 Å². The predicted molar refractivity (Wildman–Crippen MR) is 73.8 cm³/mol. The molecular formula is C15H14FN3. The molecule has 0 saturated heterocycles. The first kappa shape index (κ1) is 11.9. The third kappa shape index (κ3) is 2.00. The van der Waals surface area contributed by atoms with Gasteiger partial charge in [0.15, 0.2) is 0 Å². The van der Waals surface area contributed by atoms with Crippen LogP contribution in [0.25, 0.3) is 16.6 Å². The lowest BCUT2D eigenvalue weighted by Crippen LogP contribution is -2.09. The molecule has 0 aliphatic rings. The predicted octanol–water partition coefficient (Wildman–Crippen LogP) is 2.67. The quantitative estimate of drug-likeness (QED) is 0.782. The second kappa shape index (κ2) is 4.82. The number of benzene rings is 2. The molecule has 3 nitrogen and oxygen atoms in total. The van der Waals surface area contributed by atoms with Gasteiger partial charge in [-0.05, 0) is 31.2 Å². The van der Waals surface area contributed by atoms with Crippen LogP contribution in [-0.2, 0) is 6.42 Å². The third-order valence-electron chi connectivity index (χ3n) is 3.19. The lowest BCUT2D eigenvalue weighted by atomic mass is 10.1. The minimum atomic E-state index is -0.234. The molecule has 19 heavy (non-hydrogen) atoms. The fourth-order valence-corrected chi connectivity index (χ4v) is 2.30. The van der Waals surface area contributed by atoms with Crippen LogP contribution in [0.4, 0.5) is 4.39 Å². The Kier molecular flexibility index (Phi) is 3.01.